The van der Waals surface area contributed by atoms with Gasteiger partial charge in [-0.1, -0.05) is 84.9 Å². The van der Waals surface area contributed by atoms with Crippen LogP contribution in [0.2, 0.25) is 0 Å². The molecular weight excluding hydrogens is 378 g/mol. The fourth-order valence-electron chi connectivity index (χ4n) is 4.39. The van der Waals surface area contributed by atoms with Gasteiger partial charge in [0.05, 0.1) is 0 Å². The number of rotatable bonds is 5. The molecule has 0 spiro atoms. The summed E-state index contributed by atoms with van der Waals surface area (Å²) < 4.78 is 6.41. The van der Waals surface area contributed by atoms with E-state index in [0.717, 1.165) is 43.1 Å². The van der Waals surface area contributed by atoms with Crippen LogP contribution in [0.4, 0.5) is 0 Å². The molecule has 1 heterocycles. The molecule has 0 amide bonds. The highest BCUT2D eigenvalue weighted by Crippen LogP contribution is 2.34. The van der Waals surface area contributed by atoms with E-state index in [1.165, 1.54) is 28.7 Å². The average molecular weight is 406 g/mol. The van der Waals surface area contributed by atoms with E-state index < -0.39 is 0 Å². The number of nitrogens with zero attached hydrogens (tertiary/aromatic N) is 1. The molecule has 0 aromatic heterocycles. The second kappa shape index (κ2) is 9.20. The molecule has 0 bridgehead atoms. The van der Waals surface area contributed by atoms with E-state index in [1.54, 1.807) is 0 Å². The van der Waals surface area contributed by atoms with Crippen LogP contribution in [-0.4, -0.2) is 11.4 Å². The number of hydrogen-bond donors (Lipinski definition) is 0. The summed E-state index contributed by atoms with van der Waals surface area (Å²) in [4.78, 5) is 2.54. The van der Waals surface area contributed by atoms with Crippen molar-refractivity contribution >= 4 is 0 Å². The van der Waals surface area contributed by atoms with Crippen molar-refractivity contribution in [2.75, 3.05) is 6.54 Å². The Morgan fingerprint density at radius 1 is 0.710 bits per heavy atom. The van der Waals surface area contributed by atoms with Gasteiger partial charge in [0.1, 0.15) is 11.5 Å². The minimum absolute atomic E-state index is 0.892. The van der Waals surface area contributed by atoms with Crippen LogP contribution in [-0.2, 0) is 19.5 Å². The number of benzene rings is 4. The van der Waals surface area contributed by atoms with Gasteiger partial charge in [-0.2, -0.15) is 0 Å². The van der Waals surface area contributed by atoms with Crippen molar-refractivity contribution in [3.05, 3.63) is 120 Å². The maximum atomic E-state index is 6.41. The summed E-state index contributed by atoms with van der Waals surface area (Å²) in [6.45, 7) is 3.07. The van der Waals surface area contributed by atoms with E-state index in [0.29, 0.717) is 0 Å². The molecule has 2 heteroatoms. The Balaban J connectivity index is 1.39. The highest BCUT2D eigenvalue weighted by Gasteiger charge is 2.16. The van der Waals surface area contributed by atoms with Crippen molar-refractivity contribution in [1.82, 2.24) is 4.90 Å². The second-order valence-corrected chi connectivity index (χ2v) is 8.19. The Labute approximate surface area is 184 Å². The molecule has 1 aliphatic heterocycles. The summed E-state index contributed by atoms with van der Waals surface area (Å²) in [5.41, 5.74) is 6.48. The minimum Gasteiger partial charge on any atom is -0.457 e. The predicted octanol–water partition coefficient (Wildman–Crippen LogP) is 7.09. The lowest BCUT2D eigenvalue weighted by molar-refractivity contribution is 0.261. The quantitative estimate of drug-likeness (QED) is 0.351. The van der Waals surface area contributed by atoms with Crippen LogP contribution in [0.3, 0.4) is 0 Å². The van der Waals surface area contributed by atoms with Gasteiger partial charge in [0.2, 0.25) is 0 Å². The molecule has 2 nitrogen and oxygen atoms in total. The Morgan fingerprint density at radius 2 is 1.45 bits per heavy atom. The van der Waals surface area contributed by atoms with Gasteiger partial charge in [-0.25, -0.2) is 0 Å². The molecule has 154 valence electrons. The van der Waals surface area contributed by atoms with E-state index >= 15 is 0 Å². The summed E-state index contributed by atoms with van der Waals surface area (Å²) in [5.74, 6) is 1.80. The van der Waals surface area contributed by atoms with E-state index in [1.807, 2.05) is 12.1 Å². The maximum Gasteiger partial charge on any atom is 0.135 e. The summed E-state index contributed by atoms with van der Waals surface area (Å²) in [6, 6.07) is 36.1. The molecular formula is C29H27NO. The zero-order chi connectivity index (χ0) is 20.9. The molecule has 0 N–H and O–H groups in total. The van der Waals surface area contributed by atoms with Crippen LogP contribution in [0.25, 0.3) is 11.1 Å². The molecule has 0 saturated heterocycles. The number of para-hydroxylation sites is 1. The van der Waals surface area contributed by atoms with Gasteiger partial charge in [-0.05, 0) is 59.8 Å². The van der Waals surface area contributed by atoms with Gasteiger partial charge >= 0.3 is 0 Å². The lowest BCUT2D eigenvalue weighted by Gasteiger charge is -2.21. The zero-order valence-corrected chi connectivity index (χ0v) is 17.7. The zero-order valence-electron chi connectivity index (χ0n) is 17.7. The molecule has 0 atom stereocenters. The summed E-state index contributed by atoms with van der Waals surface area (Å²) in [6.07, 6.45) is 2.32. The van der Waals surface area contributed by atoms with Crippen LogP contribution in [0.5, 0.6) is 11.5 Å². The van der Waals surface area contributed by atoms with Gasteiger partial charge < -0.3 is 4.74 Å². The van der Waals surface area contributed by atoms with Gasteiger partial charge in [-0.3, -0.25) is 4.90 Å². The molecule has 5 rings (SSSR count). The highest BCUT2D eigenvalue weighted by molar-refractivity contribution is 5.70. The topological polar surface area (TPSA) is 12.5 Å². The molecule has 0 unspecified atom stereocenters. The predicted molar refractivity (Wildman–Crippen MR) is 127 cm³/mol. The number of fused-ring (bicyclic) bond motifs is 1. The molecule has 1 aliphatic rings. The lowest BCUT2D eigenvalue weighted by Crippen LogP contribution is -2.22. The monoisotopic (exact) mass is 405 g/mol. The van der Waals surface area contributed by atoms with E-state index in [4.69, 9.17) is 4.74 Å². The minimum atomic E-state index is 0.892. The Bertz CT molecular complexity index is 1140. The van der Waals surface area contributed by atoms with E-state index in [2.05, 4.69) is 95.9 Å². The largest absolute Gasteiger partial charge is 0.457 e. The maximum absolute atomic E-state index is 6.41. The molecule has 4 aromatic carbocycles. The lowest BCUT2D eigenvalue weighted by atomic mass is 10.0. The third-order valence-corrected chi connectivity index (χ3v) is 5.94. The Morgan fingerprint density at radius 3 is 2.29 bits per heavy atom. The fraction of sp³-hybridized carbons (Fsp3) is 0.172. The highest BCUT2D eigenvalue weighted by atomic mass is 16.5. The van der Waals surface area contributed by atoms with Crippen molar-refractivity contribution < 1.29 is 4.74 Å². The molecule has 0 aliphatic carbocycles. The van der Waals surface area contributed by atoms with Gasteiger partial charge in [-0.15, -0.1) is 0 Å². The molecule has 0 radical (unpaired) electrons. The van der Waals surface area contributed by atoms with E-state index in [-0.39, 0.29) is 0 Å². The van der Waals surface area contributed by atoms with Crippen molar-refractivity contribution in [2.45, 2.75) is 25.9 Å². The van der Waals surface area contributed by atoms with Crippen LogP contribution >= 0.6 is 0 Å². The second-order valence-electron chi connectivity index (χ2n) is 8.19. The summed E-state index contributed by atoms with van der Waals surface area (Å²) in [5, 5.41) is 0. The normalized spacial score (nSPS) is 13.9. The number of aryl methyl sites for hydroxylation is 1. The first kappa shape index (κ1) is 19.6. The summed E-state index contributed by atoms with van der Waals surface area (Å²) in [7, 11) is 0. The first-order valence-electron chi connectivity index (χ1n) is 11.1. The van der Waals surface area contributed by atoms with Crippen LogP contribution in [0, 0.1) is 0 Å². The summed E-state index contributed by atoms with van der Waals surface area (Å²) >= 11 is 0. The van der Waals surface area contributed by atoms with Crippen molar-refractivity contribution in [2.24, 2.45) is 0 Å². The third-order valence-electron chi connectivity index (χ3n) is 5.94. The van der Waals surface area contributed by atoms with Gasteiger partial charge in [0.25, 0.3) is 0 Å². The molecule has 4 aromatic rings. The van der Waals surface area contributed by atoms with Crippen molar-refractivity contribution in [1.29, 1.82) is 0 Å². The van der Waals surface area contributed by atoms with Gasteiger partial charge in [0, 0.05) is 18.7 Å². The van der Waals surface area contributed by atoms with Gasteiger partial charge in [0.15, 0.2) is 0 Å². The molecule has 0 fully saturated rings. The molecule has 0 saturated carbocycles. The first-order chi connectivity index (χ1) is 15.3. The number of ether oxygens (including phenoxy) is 1. The first-order valence-corrected chi connectivity index (χ1v) is 11.1. The van der Waals surface area contributed by atoms with E-state index in [9.17, 15) is 0 Å². The Kier molecular flexibility index (Phi) is 5.81. The Hall–Kier alpha value is -3.36. The molecule has 31 heavy (non-hydrogen) atoms. The standard InChI is InChI=1S/C29H27NO/c1-3-10-23(11-4-1)21-30-19-9-14-24-17-18-27(20-26(24)22-30)31-29-16-8-7-15-28(29)25-12-5-2-6-13-25/h1-8,10-13,15-18,20H,9,14,19,21-22H2. The fourth-order valence-corrected chi connectivity index (χ4v) is 4.39. The van der Waals surface area contributed by atoms with Crippen LogP contribution < -0.4 is 4.74 Å². The average Bonchev–Trinajstić information content (AvgIpc) is 3.02. The van der Waals surface area contributed by atoms with Crippen LogP contribution in [0.15, 0.2) is 103 Å². The smallest absolute Gasteiger partial charge is 0.135 e. The van der Waals surface area contributed by atoms with Crippen molar-refractivity contribution in [3.63, 3.8) is 0 Å². The van der Waals surface area contributed by atoms with Crippen LogP contribution in [0.1, 0.15) is 23.1 Å². The third kappa shape index (κ3) is 4.70. The van der Waals surface area contributed by atoms with Crippen molar-refractivity contribution in [3.8, 4) is 22.6 Å². The number of hydrogen-bond acceptors (Lipinski definition) is 2. The SMILES string of the molecule is c1ccc(CN2CCCc3ccc(Oc4ccccc4-c4ccccc4)cc3C2)cc1.